The van der Waals surface area contributed by atoms with Gasteiger partial charge in [0.1, 0.15) is 0 Å². The summed E-state index contributed by atoms with van der Waals surface area (Å²) in [6.07, 6.45) is 2.04. The van der Waals surface area contributed by atoms with Crippen LogP contribution in [0.3, 0.4) is 0 Å². The molecule has 0 bridgehead atoms. The van der Waals surface area contributed by atoms with Crippen LogP contribution in [0.2, 0.25) is 0 Å². The van der Waals surface area contributed by atoms with Crippen molar-refractivity contribution in [3.63, 3.8) is 0 Å². The van der Waals surface area contributed by atoms with Gasteiger partial charge in [0.05, 0.1) is 33.8 Å². The minimum atomic E-state index is -0.549. The number of amides is 2. The Hall–Kier alpha value is -3.65. The van der Waals surface area contributed by atoms with Crippen molar-refractivity contribution in [1.82, 2.24) is 4.90 Å². The van der Waals surface area contributed by atoms with Crippen LogP contribution >= 0.6 is 11.8 Å². The molecule has 1 unspecified atom stereocenters. The van der Waals surface area contributed by atoms with Crippen molar-refractivity contribution in [3.05, 3.63) is 77.4 Å². The molecule has 35 heavy (non-hydrogen) atoms. The number of methoxy groups -OCH3 is 3. The van der Waals surface area contributed by atoms with Crippen LogP contribution < -0.4 is 19.5 Å². The molecule has 1 atom stereocenters. The summed E-state index contributed by atoms with van der Waals surface area (Å²) in [4.78, 5) is 29.4. The highest BCUT2D eigenvalue weighted by Gasteiger charge is 2.35. The van der Waals surface area contributed by atoms with Crippen LogP contribution in [0.25, 0.3) is 0 Å². The average molecular weight is 493 g/mol. The minimum Gasteiger partial charge on any atom is -0.493 e. The lowest BCUT2D eigenvalue weighted by Gasteiger charge is -2.29. The predicted octanol–water partition coefficient (Wildman–Crippen LogP) is 5.16. The Kier molecular flexibility index (Phi) is 7.51. The maximum atomic E-state index is 13.4. The van der Waals surface area contributed by atoms with Gasteiger partial charge in [-0.05, 0) is 53.8 Å². The zero-order chi connectivity index (χ0) is 24.9. The number of rotatable bonds is 9. The zero-order valence-corrected chi connectivity index (χ0v) is 21.0. The molecule has 0 saturated carbocycles. The van der Waals surface area contributed by atoms with Crippen molar-refractivity contribution in [2.45, 2.75) is 23.9 Å². The fourth-order valence-electron chi connectivity index (χ4n) is 4.32. The Labute approximate surface area is 209 Å². The van der Waals surface area contributed by atoms with E-state index in [-0.39, 0.29) is 18.2 Å². The second kappa shape index (κ2) is 10.7. The Morgan fingerprint density at radius 2 is 1.71 bits per heavy atom. The number of benzene rings is 3. The first-order valence-corrected chi connectivity index (χ1v) is 12.3. The molecule has 0 aromatic heterocycles. The first-order valence-electron chi connectivity index (χ1n) is 11.1. The topological polar surface area (TPSA) is 77.1 Å². The van der Waals surface area contributed by atoms with Gasteiger partial charge in [0, 0.05) is 22.7 Å². The third-order valence-electron chi connectivity index (χ3n) is 6.03. The number of hydrogen-bond acceptors (Lipinski definition) is 6. The van der Waals surface area contributed by atoms with Crippen molar-refractivity contribution in [3.8, 4) is 17.2 Å². The number of fused-ring (bicyclic) bond motifs is 1. The Balaban J connectivity index is 1.70. The van der Waals surface area contributed by atoms with Gasteiger partial charge in [-0.2, -0.15) is 0 Å². The monoisotopic (exact) mass is 492 g/mol. The van der Waals surface area contributed by atoms with Crippen LogP contribution in [-0.4, -0.2) is 44.3 Å². The maximum absolute atomic E-state index is 13.4. The normalized spacial score (nSPS) is 13.3. The summed E-state index contributed by atoms with van der Waals surface area (Å²) in [6, 6.07) is 18.2. The number of nitrogens with zero attached hydrogens (tertiary/aromatic N) is 1. The number of carbonyl (C=O) groups excluding carboxylic acids is 2. The second-order valence-electron chi connectivity index (χ2n) is 8.05. The molecular weight excluding hydrogens is 464 g/mol. The quantitative estimate of drug-likeness (QED) is 0.416. The number of ether oxygens (including phenoxy) is 3. The average Bonchev–Trinajstić information content (AvgIpc) is 3.22. The lowest BCUT2D eigenvalue weighted by molar-refractivity contribution is -0.117. The molecular formula is C27H28N2O5S. The molecule has 3 aromatic rings. The highest BCUT2D eigenvalue weighted by atomic mass is 32.2. The number of anilines is 1. The van der Waals surface area contributed by atoms with E-state index in [4.69, 9.17) is 14.2 Å². The summed E-state index contributed by atoms with van der Waals surface area (Å²) in [5, 5.41) is 2.98. The van der Waals surface area contributed by atoms with E-state index in [0.717, 1.165) is 10.5 Å². The molecule has 1 aliphatic heterocycles. The molecule has 7 nitrogen and oxygen atoms in total. The molecule has 0 spiro atoms. The number of thioether (sulfide) groups is 1. The summed E-state index contributed by atoms with van der Waals surface area (Å²) in [6.45, 7) is 0.408. The summed E-state index contributed by atoms with van der Waals surface area (Å²) >= 11 is 1.60. The van der Waals surface area contributed by atoms with E-state index >= 15 is 0 Å². The van der Waals surface area contributed by atoms with Gasteiger partial charge in [-0.15, -0.1) is 11.8 Å². The summed E-state index contributed by atoms with van der Waals surface area (Å²) in [5.41, 5.74) is 3.01. The van der Waals surface area contributed by atoms with Gasteiger partial charge in [-0.3, -0.25) is 9.59 Å². The van der Waals surface area contributed by atoms with E-state index in [9.17, 15) is 9.59 Å². The smallest absolute Gasteiger partial charge is 0.255 e. The fraction of sp³-hybridized carbons (Fsp3) is 0.259. The maximum Gasteiger partial charge on any atom is 0.255 e. The van der Waals surface area contributed by atoms with Gasteiger partial charge in [-0.25, -0.2) is 0 Å². The largest absolute Gasteiger partial charge is 0.493 e. The van der Waals surface area contributed by atoms with Crippen LogP contribution in [-0.2, 0) is 11.3 Å². The van der Waals surface area contributed by atoms with E-state index in [2.05, 4.69) is 5.32 Å². The van der Waals surface area contributed by atoms with Crippen LogP contribution in [0.5, 0.6) is 17.2 Å². The van der Waals surface area contributed by atoms with E-state index in [1.165, 1.54) is 7.11 Å². The lowest BCUT2D eigenvalue weighted by atomic mass is 10.00. The third kappa shape index (κ3) is 5.07. The van der Waals surface area contributed by atoms with Crippen LogP contribution in [0.1, 0.15) is 33.9 Å². The highest BCUT2D eigenvalue weighted by molar-refractivity contribution is 7.98. The third-order valence-corrected chi connectivity index (χ3v) is 6.75. The molecule has 4 rings (SSSR count). The van der Waals surface area contributed by atoms with Crippen molar-refractivity contribution < 1.29 is 23.8 Å². The molecule has 0 aliphatic carbocycles. The molecule has 1 aliphatic rings. The molecule has 0 radical (unpaired) electrons. The number of hydrogen-bond donors (Lipinski definition) is 1. The van der Waals surface area contributed by atoms with E-state index in [1.54, 1.807) is 43.0 Å². The number of carbonyl (C=O) groups is 2. The molecule has 3 aromatic carbocycles. The molecule has 1 heterocycles. The minimum absolute atomic E-state index is 0.0574. The van der Waals surface area contributed by atoms with Crippen LogP contribution in [0.4, 0.5) is 5.69 Å². The molecule has 0 saturated heterocycles. The fourth-order valence-corrected chi connectivity index (χ4v) is 4.78. The summed E-state index contributed by atoms with van der Waals surface area (Å²) in [7, 11) is 4.62. The Bertz CT molecular complexity index is 1220. The van der Waals surface area contributed by atoms with Crippen molar-refractivity contribution in [2.24, 2.45) is 0 Å². The van der Waals surface area contributed by atoms with Crippen molar-refractivity contribution in [1.29, 1.82) is 0 Å². The SMILES string of the molecule is COc1cc(C(CC(=O)Nc2cccc(SC)c2)N2Cc3ccccc3C2=O)cc(OC)c1OC. The van der Waals surface area contributed by atoms with E-state index in [0.29, 0.717) is 40.6 Å². The second-order valence-corrected chi connectivity index (χ2v) is 8.93. The molecule has 1 N–H and O–H groups in total. The predicted molar refractivity (Wildman–Crippen MR) is 137 cm³/mol. The van der Waals surface area contributed by atoms with Gasteiger partial charge in [0.15, 0.2) is 11.5 Å². The van der Waals surface area contributed by atoms with Gasteiger partial charge in [0.2, 0.25) is 11.7 Å². The standard InChI is InChI=1S/C27H28N2O5S/c1-32-23-12-18(13-24(33-2)26(23)34-3)22(29-16-17-8-5-6-11-21(17)27(29)31)15-25(30)28-19-9-7-10-20(14-19)35-4/h5-14,22H,15-16H2,1-4H3,(H,28,30). The van der Waals surface area contributed by atoms with Crippen LogP contribution in [0.15, 0.2) is 65.6 Å². The zero-order valence-electron chi connectivity index (χ0n) is 20.2. The van der Waals surface area contributed by atoms with E-state index in [1.807, 2.05) is 54.8 Å². The summed E-state index contributed by atoms with van der Waals surface area (Å²) < 4.78 is 16.5. The van der Waals surface area contributed by atoms with Crippen molar-refractivity contribution >= 4 is 29.3 Å². The van der Waals surface area contributed by atoms with E-state index < -0.39 is 6.04 Å². The summed E-state index contributed by atoms with van der Waals surface area (Å²) in [5.74, 6) is 1.06. The molecule has 2 amide bonds. The molecule has 0 fully saturated rings. The first kappa shape index (κ1) is 24.5. The number of nitrogens with one attached hydrogen (secondary N) is 1. The molecule has 8 heteroatoms. The van der Waals surface area contributed by atoms with Gasteiger partial charge in [-0.1, -0.05) is 24.3 Å². The van der Waals surface area contributed by atoms with Crippen LogP contribution in [0, 0.1) is 0 Å². The molecule has 182 valence electrons. The highest BCUT2D eigenvalue weighted by Crippen LogP contribution is 2.43. The van der Waals surface area contributed by atoms with Gasteiger partial charge in [0.25, 0.3) is 5.91 Å². The van der Waals surface area contributed by atoms with Crippen molar-refractivity contribution in [2.75, 3.05) is 32.9 Å². The van der Waals surface area contributed by atoms with Gasteiger partial charge >= 0.3 is 0 Å². The Morgan fingerprint density at radius 3 is 2.34 bits per heavy atom. The lowest BCUT2D eigenvalue weighted by Crippen LogP contribution is -2.32. The van der Waals surface area contributed by atoms with Gasteiger partial charge < -0.3 is 24.4 Å². The first-order chi connectivity index (χ1) is 17.0. The Morgan fingerprint density at radius 1 is 1.00 bits per heavy atom.